The number of aliphatic carboxylic acids is 2. The highest BCUT2D eigenvalue weighted by Crippen LogP contribution is 2.56. The van der Waals surface area contributed by atoms with E-state index in [1.807, 2.05) is 12.2 Å². The first-order valence-corrected chi connectivity index (χ1v) is 9.33. The van der Waals surface area contributed by atoms with Crippen LogP contribution < -0.4 is 0 Å². The molecule has 2 N–H and O–H groups in total. The van der Waals surface area contributed by atoms with Gasteiger partial charge in [0.25, 0.3) is 0 Å². The van der Waals surface area contributed by atoms with Gasteiger partial charge in [0.15, 0.2) is 0 Å². The molecule has 0 aromatic heterocycles. The van der Waals surface area contributed by atoms with Gasteiger partial charge in [-0.1, -0.05) is 12.2 Å². The Morgan fingerprint density at radius 2 is 1.79 bits per heavy atom. The van der Waals surface area contributed by atoms with Crippen LogP contribution in [-0.4, -0.2) is 46.2 Å². The standard InChI is InChI=1S/C19H27NO4/c1-11-16(12-5-8-20(11)9-6-12)19(18(23)24)7-4-14-13(10-19)2-3-15(14)17(21)22/h4,7,11-16H,2-3,5-6,8-10H2,1H3,(H,21,22)(H,23,24). The van der Waals surface area contributed by atoms with Crippen LogP contribution in [0.1, 0.15) is 39.0 Å². The molecule has 5 nitrogen and oxygen atoms in total. The normalized spacial score (nSPS) is 49.8. The number of nitrogens with zero attached hydrogens (tertiary/aromatic N) is 1. The lowest BCUT2D eigenvalue weighted by Gasteiger charge is -2.56. The highest BCUT2D eigenvalue weighted by molar-refractivity contribution is 5.79. The van der Waals surface area contributed by atoms with Crippen molar-refractivity contribution < 1.29 is 19.8 Å². The summed E-state index contributed by atoms with van der Waals surface area (Å²) in [5.41, 5.74) is -0.808. The molecule has 0 aromatic carbocycles. The Hall–Kier alpha value is -1.36. The third kappa shape index (κ3) is 2.17. The molecule has 0 aromatic rings. The minimum Gasteiger partial charge on any atom is -0.481 e. The second-order valence-electron chi connectivity index (χ2n) is 8.41. The summed E-state index contributed by atoms with van der Waals surface area (Å²) in [6.45, 7) is 4.37. The number of piperidine rings is 3. The Labute approximate surface area is 142 Å². The topological polar surface area (TPSA) is 77.8 Å². The summed E-state index contributed by atoms with van der Waals surface area (Å²) in [6, 6.07) is 0.298. The molecule has 5 rings (SSSR count). The summed E-state index contributed by atoms with van der Waals surface area (Å²) in [5, 5.41) is 19.6. The number of carboxylic acids is 2. The van der Waals surface area contributed by atoms with Crippen LogP contribution in [0.4, 0.5) is 0 Å². The molecular formula is C19H27NO4. The lowest BCUT2D eigenvalue weighted by atomic mass is 9.55. The van der Waals surface area contributed by atoms with Crippen molar-refractivity contribution in [2.75, 3.05) is 13.1 Å². The van der Waals surface area contributed by atoms with Gasteiger partial charge in [0.1, 0.15) is 0 Å². The first-order valence-electron chi connectivity index (χ1n) is 9.33. The summed E-state index contributed by atoms with van der Waals surface area (Å²) < 4.78 is 0. The van der Waals surface area contributed by atoms with E-state index in [1.165, 1.54) is 0 Å². The molecule has 2 aliphatic carbocycles. The van der Waals surface area contributed by atoms with Crippen LogP contribution in [0.2, 0.25) is 0 Å². The molecular weight excluding hydrogens is 306 g/mol. The van der Waals surface area contributed by atoms with Crippen LogP contribution in [0.25, 0.3) is 0 Å². The van der Waals surface area contributed by atoms with Gasteiger partial charge in [-0.25, -0.2) is 0 Å². The van der Waals surface area contributed by atoms with E-state index in [0.717, 1.165) is 32.4 Å². The maximum atomic E-state index is 12.4. The van der Waals surface area contributed by atoms with E-state index in [2.05, 4.69) is 11.8 Å². The predicted octanol–water partition coefficient (Wildman–Crippen LogP) is 2.47. The van der Waals surface area contributed by atoms with Gasteiger partial charge in [0.05, 0.1) is 11.3 Å². The van der Waals surface area contributed by atoms with E-state index < -0.39 is 17.4 Å². The summed E-state index contributed by atoms with van der Waals surface area (Å²) in [5.74, 6) is -0.909. The van der Waals surface area contributed by atoms with Crippen molar-refractivity contribution in [2.45, 2.75) is 45.1 Å². The van der Waals surface area contributed by atoms with Crippen molar-refractivity contribution in [2.24, 2.45) is 35.0 Å². The molecule has 6 unspecified atom stereocenters. The Balaban J connectivity index is 1.69. The second kappa shape index (κ2) is 5.58. The third-order valence-electron chi connectivity index (χ3n) is 7.56. The zero-order chi connectivity index (χ0) is 17.1. The van der Waals surface area contributed by atoms with Crippen molar-refractivity contribution in [1.82, 2.24) is 4.90 Å². The van der Waals surface area contributed by atoms with Gasteiger partial charge in [-0.3, -0.25) is 9.59 Å². The zero-order valence-electron chi connectivity index (χ0n) is 14.2. The molecule has 0 amide bonds. The number of fused-ring (bicyclic) bond motifs is 4. The Morgan fingerprint density at radius 3 is 2.38 bits per heavy atom. The molecule has 24 heavy (non-hydrogen) atoms. The lowest BCUT2D eigenvalue weighted by Crippen LogP contribution is -2.60. The summed E-state index contributed by atoms with van der Waals surface area (Å²) in [7, 11) is 0. The molecule has 0 spiro atoms. The van der Waals surface area contributed by atoms with Gasteiger partial charge in [0, 0.05) is 6.04 Å². The molecule has 3 heterocycles. The largest absolute Gasteiger partial charge is 0.481 e. The van der Waals surface area contributed by atoms with Crippen LogP contribution in [0, 0.1) is 35.0 Å². The van der Waals surface area contributed by atoms with Crippen LogP contribution in [0.3, 0.4) is 0 Å². The van der Waals surface area contributed by atoms with Crippen molar-refractivity contribution in [3.63, 3.8) is 0 Å². The Kier molecular flexibility index (Phi) is 3.75. The lowest BCUT2D eigenvalue weighted by molar-refractivity contribution is -0.160. The van der Waals surface area contributed by atoms with Gasteiger partial charge in [-0.15, -0.1) is 0 Å². The van der Waals surface area contributed by atoms with E-state index in [1.54, 1.807) is 0 Å². The van der Waals surface area contributed by atoms with Crippen LogP contribution in [-0.2, 0) is 9.59 Å². The molecule has 132 valence electrons. The second-order valence-corrected chi connectivity index (χ2v) is 8.41. The monoisotopic (exact) mass is 333 g/mol. The third-order valence-corrected chi connectivity index (χ3v) is 7.56. The zero-order valence-corrected chi connectivity index (χ0v) is 14.2. The number of hydrogen-bond donors (Lipinski definition) is 2. The molecule has 4 fully saturated rings. The molecule has 5 aliphatic rings. The van der Waals surface area contributed by atoms with Gasteiger partial charge in [-0.2, -0.15) is 0 Å². The fraction of sp³-hybridized carbons (Fsp3) is 0.789. The molecule has 3 aliphatic heterocycles. The number of rotatable bonds is 3. The van der Waals surface area contributed by atoms with Crippen molar-refractivity contribution in [1.29, 1.82) is 0 Å². The average molecular weight is 333 g/mol. The summed E-state index contributed by atoms with van der Waals surface area (Å²) >= 11 is 0. The smallest absolute Gasteiger partial charge is 0.313 e. The van der Waals surface area contributed by atoms with E-state index in [9.17, 15) is 19.8 Å². The Morgan fingerprint density at radius 1 is 1.08 bits per heavy atom. The van der Waals surface area contributed by atoms with Crippen molar-refractivity contribution in [3.8, 4) is 0 Å². The summed E-state index contributed by atoms with van der Waals surface area (Å²) in [6.07, 6.45) is 8.20. The highest BCUT2D eigenvalue weighted by atomic mass is 16.4. The molecule has 6 atom stereocenters. The predicted molar refractivity (Wildman–Crippen MR) is 88.4 cm³/mol. The maximum absolute atomic E-state index is 12.4. The number of carbonyl (C=O) groups is 2. The minimum atomic E-state index is -0.808. The fourth-order valence-electron chi connectivity index (χ4n) is 6.42. The highest BCUT2D eigenvalue weighted by Gasteiger charge is 2.57. The fourth-order valence-corrected chi connectivity index (χ4v) is 6.42. The number of hydrogen-bond acceptors (Lipinski definition) is 3. The van der Waals surface area contributed by atoms with Gasteiger partial charge >= 0.3 is 11.9 Å². The number of allylic oxidation sites excluding steroid dienone is 1. The SMILES string of the molecule is CC1C(C2(C(=O)O)C=CC3C(CCC3C(=O)O)C2)C2CCN1CC2. The van der Waals surface area contributed by atoms with E-state index in [-0.39, 0.29) is 23.7 Å². The Bertz CT molecular complexity index is 578. The van der Waals surface area contributed by atoms with Gasteiger partial charge < -0.3 is 15.1 Å². The van der Waals surface area contributed by atoms with Crippen LogP contribution >= 0.6 is 0 Å². The van der Waals surface area contributed by atoms with Crippen LogP contribution in [0.15, 0.2) is 12.2 Å². The van der Waals surface area contributed by atoms with Gasteiger partial charge in [-0.05, 0) is 75.8 Å². The quantitative estimate of drug-likeness (QED) is 0.776. The first-order chi connectivity index (χ1) is 11.4. The van der Waals surface area contributed by atoms with E-state index in [0.29, 0.717) is 24.8 Å². The summed E-state index contributed by atoms with van der Waals surface area (Å²) in [4.78, 5) is 26.3. The molecule has 2 bridgehead atoms. The van der Waals surface area contributed by atoms with Crippen molar-refractivity contribution in [3.05, 3.63) is 12.2 Å². The molecule has 5 heteroatoms. The number of carboxylic acid groups (broad SMARTS) is 2. The average Bonchev–Trinajstić information content (AvgIpc) is 2.98. The van der Waals surface area contributed by atoms with E-state index in [4.69, 9.17) is 0 Å². The van der Waals surface area contributed by atoms with Crippen molar-refractivity contribution >= 4 is 11.9 Å². The molecule has 3 saturated heterocycles. The van der Waals surface area contributed by atoms with E-state index >= 15 is 0 Å². The molecule has 1 saturated carbocycles. The van der Waals surface area contributed by atoms with Gasteiger partial charge in [0.2, 0.25) is 0 Å². The maximum Gasteiger partial charge on any atom is 0.313 e. The first kappa shape index (κ1) is 16.1. The minimum absolute atomic E-state index is 0.0198. The van der Waals surface area contributed by atoms with Crippen LogP contribution in [0.5, 0.6) is 0 Å². The molecule has 0 radical (unpaired) electrons.